The first-order valence-corrected chi connectivity index (χ1v) is 35.3. The average molecular weight is 1090 g/mol. The number of benzene rings is 3. The second kappa shape index (κ2) is 21.0. The largest absolute Gasteiger partial charge is 0.441 e. The molecule has 0 fully saturated rings. The van der Waals surface area contributed by atoms with Crippen molar-refractivity contribution in [2.75, 3.05) is 9.80 Å². The van der Waals surface area contributed by atoms with Crippen LogP contribution in [0, 0.1) is 28.1 Å². The summed E-state index contributed by atoms with van der Waals surface area (Å²) in [6.07, 6.45) is 22.5. The number of anilines is 2. The summed E-state index contributed by atoms with van der Waals surface area (Å²) in [6.45, 7) is 58.6. The summed E-state index contributed by atoms with van der Waals surface area (Å²) in [5.41, 5.74) is 22.7. The van der Waals surface area contributed by atoms with E-state index >= 15 is 0 Å². The molecule has 9 rings (SSSR count). The topological polar surface area (TPSA) is 19.6 Å². The van der Waals surface area contributed by atoms with Crippen LogP contribution >= 0.6 is 0 Å². The molecule has 5 heteroatoms. The highest BCUT2D eigenvalue weighted by atomic mass is 28.3. The third kappa shape index (κ3) is 11.1. The molecule has 3 nitrogen and oxygen atoms in total. The van der Waals surface area contributed by atoms with E-state index in [0.717, 1.165) is 62.8 Å². The van der Waals surface area contributed by atoms with Gasteiger partial charge in [-0.05, 0) is 189 Å². The van der Waals surface area contributed by atoms with Crippen molar-refractivity contribution in [2.45, 2.75) is 251 Å². The van der Waals surface area contributed by atoms with E-state index in [9.17, 15) is 0 Å². The fraction of sp³-hybridized carbons (Fsp3) is 0.573. The Labute approximate surface area is 490 Å². The summed E-state index contributed by atoms with van der Waals surface area (Å²) < 4.78 is 7.86. The van der Waals surface area contributed by atoms with Gasteiger partial charge in [-0.25, -0.2) is 0 Å². The van der Waals surface area contributed by atoms with Crippen LogP contribution in [0.3, 0.4) is 0 Å². The maximum Gasteiger partial charge on any atom is 0.252 e. The van der Waals surface area contributed by atoms with Crippen LogP contribution in [0.25, 0.3) is 16.5 Å². The highest BCUT2D eigenvalue weighted by Crippen LogP contribution is 2.54. The second-order valence-corrected chi connectivity index (χ2v) is 37.6. The van der Waals surface area contributed by atoms with Crippen molar-refractivity contribution in [3.05, 3.63) is 140 Å². The fourth-order valence-electron chi connectivity index (χ4n) is 14.1. The Morgan fingerprint density at radius 2 is 1.40 bits per heavy atom. The highest BCUT2D eigenvalue weighted by Gasteiger charge is 2.53. The van der Waals surface area contributed by atoms with Gasteiger partial charge in [0.25, 0.3) is 6.71 Å². The Balaban J connectivity index is 1.51. The Hall–Kier alpha value is -4.48. The number of nitrogens with zero attached hydrogens (tertiary/aromatic N) is 2. The zero-order chi connectivity index (χ0) is 58.8. The van der Waals surface area contributed by atoms with E-state index in [1.807, 2.05) is 0 Å². The number of furan rings is 1. The van der Waals surface area contributed by atoms with E-state index in [0.29, 0.717) is 17.8 Å². The molecule has 3 atom stereocenters. The first-order chi connectivity index (χ1) is 37.0. The van der Waals surface area contributed by atoms with Crippen molar-refractivity contribution in [1.29, 1.82) is 0 Å². The SMILES string of the molecule is CCC(C)C1=CC(N2C3=C4B(c5cc(C(C)(C)CC)c(C(C)C)cc52)c2c(oc5cc6c(cc25)C(C)(C)CCC6(C)C)N(C(/C=C\CC(C)(C)C)=C/CC(C)(C)C)C4CC(C(C)(C)C)=C3)=C(c2ccc([Si](C)(C)C)cc2)CC1CC. The Morgan fingerprint density at radius 1 is 0.775 bits per heavy atom. The van der Waals surface area contributed by atoms with Gasteiger partial charge < -0.3 is 14.2 Å². The summed E-state index contributed by atoms with van der Waals surface area (Å²) in [5.74, 6) is 2.33. The van der Waals surface area contributed by atoms with E-state index in [-0.39, 0.29) is 45.2 Å². The van der Waals surface area contributed by atoms with Crippen LogP contribution in [0.1, 0.15) is 237 Å². The van der Waals surface area contributed by atoms with Crippen LogP contribution in [0.4, 0.5) is 11.6 Å². The lowest BCUT2D eigenvalue weighted by Crippen LogP contribution is -2.62. The van der Waals surface area contributed by atoms with Crippen molar-refractivity contribution < 1.29 is 4.42 Å². The van der Waals surface area contributed by atoms with Gasteiger partial charge in [0.15, 0.2) is 5.88 Å². The van der Waals surface area contributed by atoms with Crippen molar-refractivity contribution in [1.82, 2.24) is 0 Å². The normalized spacial score (nSPS) is 21.1. The van der Waals surface area contributed by atoms with Crippen LogP contribution in [0.5, 0.6) is 0 Å². The molecule has 3 unspecified atom stereocenters. The number of hydrogen-bond donors (Lipinski definition) is 0. The number of allylic oxidation sites excluding steroid dienone is 7. The van der Waals surface area contributed by atoms with Gasteiger partial charge in [-0.2, -0.15) is 0 Å². The third-order valence-corrected chi connectivity index (χ3v) is 22.2. The van der Waals surface area contributed by atoms with Gasteiger partial charge in [0.05, 0.1) is 14.1 Å². The first kappa shape index (κ1) is 60.1. The molecular weight excluding hydrogens is 984 g/mol. The van der Waals surface area contributed by atoms with Gasteiger partial charge in [0.2, 0.25) is 0 Å². The van der Waals surface area contributed by atoms with Crippen molar-refractivity contribution in [3.63, 3.8) is 0 Å². The van der Waals surface area contributed by atoms with Crippen LogP contribution in [0.15, 0.2) is 117 Å². The number of hydrogen-bond acceptors (Lipinski definition) is 3. The van der Waals surface area contributed by atoms with Gasteiger partial charge in [0.1, 0.15) is 5.58 Å². The maximum atomic E-state index is 7.86. The van der Waals surface area contributed by atoms with Crippen LogP contribution in [-0.2, 0) is 16.2 Å². The lowest BCUT2D eigenvalue weighted by atomic mass is 9.31. The van der Waals surface area contributed by atoms with E-state index in [1.54, 1.807) is 5.57 Å². The van der Waals surface area contributed by atoms with Crippen LogP contribution in [-0.4, -0.2) is 20.8 Å². The summed E-state index contributed by atoms with van der Waals surface area (Å²) >= 11 is 0. The molecule has 1 aromatic heterocycles. The minimum atomic E-state index is -1.55. The molecule has 0 saturated carbocycles. The molecule has 0 amide bonds. The molecule has 4 aromatic rings. The third-order valence-electron chi connectivity index (χ3n) is 20.1. The van der Waals surface area contributed by atoms with Crippen molar-refractivity contribution in [2.24, 2.45) is 28.1 Å². The Kier molecular flexibility index (Phi) is 15.8. The molecule has 0 saturated heterocycles. The minimum absolute atomic E-state index is 0.00318. The molecule has 5 aliphatic rings. The van der Waals surface area contributed by atoms with Crippen LogP contribution in [0.2, 0.25) is 19.6 Å². The number of fused-ring (bicyclic) bond motifs is 7. The molecule has 0 radical (unpaired) electrons. The summed E-state index contributed by atoms with van der Waals surface area (Å²) in [7, 11) is -1.55. The van der Waals surface area contributed by atoms with E-state index in [4.69, 9.17) is 4.42 Å². The van der Waals surface area contributed by atoms with Crippen LogP contribution < -0.4 is 25.9 Å². The first-order valence-electron chi connectivity index (χ1n) is 31.8. The molecule has 0 bridgehead atoms. The molecule has 80 heavy (non-hydrogen) atoms. The van der Waals surface area contributed by atoms with Gasteiger partial charge in [-0.1, -0.05) is 224 Å². The molecule has 3 aliphatic carbocycles. The molecule has 3 heterocycles. The minimum Gasteiger partial charge on any atom is -0.441 e. The quantitative estimate of drug-likeness (QED) is 0.0983. The smallest absolute Gasteiger partial charge is 0.252 e. The standard InChI is InChI=1S/C75H107BN2OSi/c1-25-48(6)55-44-62(56(39-49(55)26-2)50-30-32-53(33-31-50)80(22,23)24)78-63-43-54(47(4)5)58(73(16,17)27-3)45-61(63)76-67-57-42-59-60(75(20,21)38-37-74(59,18)19)46-66(57)79-69(67)77(64-40-51(72(13,14)15)41-65(78)68(64)76)52(34-36-71(10,11)12)29-28-35-70(7,8)9/h28-34,41-49,64H,25-27,35-40H2,1-24H3/b29-28-,52-34+. The lowest BCUT2D eigenvalue weighted by Gasteiger charge is -2.51. The van der Waals surface area contributed by atoms with E-state index in [2.05, 4.69) is 254 Å². The average Bonchev–Trinajstić information content (AvgIpc) is 2.97. The highest BCUT2D eigenvalue weighted by molar-refractivity contribution is 6.95. The molecule has 2 aliphatic heterocycles. The molecular formula is C75H107BN2OSi. The van der Waals surface area contributed by atoms with Gasteiger partial charge >= 0.3 is 0 Å². The van der Waals surface area contributed by atoms with Gasteiger partial charge in [0, 0.05) is 33.6 Å². The second-order valence-electron chi connectivity index (χ2n) is 32.5. The van der Waals surface area contributed by atoms with Crippen molar-refractivity contribution >= 4 is 59.0 Å². The molecule has 430 valence electrons. The van der Waals surface area contributed by atoms with E-state index < -0.39 is 8.07 Å². The van der Waals surface area contributed by atoms with E-state index in [1.165, 1.54) is 95.1 Å². The summed E-state index contributed by atoms with van der Waals surface area (Å²) in [6, 6.07) is 20.6. The molecule has 3 aromatic carbocycles. The fourth-order valence-corrected chi connectivity index (χ4v) is 15.3. The van der Waals surface area contributed by atoms with Crippen molar-refractivity contribution in [3.8, 4) is 0 Å². The monoisotopic (exact) mass is 1090 g/mol. The zero-order valence-electron chi connectivity index (χ0n) is 55.1. The maximum absolute atomic E-state index is 7.86. The molecule has 0 N–H and O–H groups in total. The van der Waals surface area contributed by atoms with Gasteiger partial charge in [-0.3, -0.25) is 0 Å². The Bertz CT molecular complexity index is 3240. The van der Waals surface area contributed by atoms with Gasteiger partial charge in [-0.15, -0.1) is 0 Å². The Morgan fingerprint density at radius 3 is 1.95 bits per heavy atom. The molecule has 0 spiro atoms. The predicted octanol–water partition coefficient (Wildman–Crippen LogP) is 20.1. The zero-order valence-corrected chi connectivity index (χ0v) is 56.1. The summed E-state index contributed by atoms with van der Waals surface area (Å²) in [5, 5.41) is 2.81. The number of rotatable bonds is 13. The summed E-state index contributed by atoms with van der Waals surface area (Å²) in [4.78, 5) is 5.62. The predicted molar refractivity (Wildman–Crippen MR) is 356 cm³/mol. The lowest BCUT2D eigenvalue weighted by molar-refractivity contribution is 0.332.